The lowest BCUT2D eigenvalue weighted by molar-refractivity contribution is 0.797. The lowest BCUT2D eigenvalue weighted by Gasteiger charge is -2.11. The monoisotopic (exact) mass is 358 g/mol. The number of rotatable bonds is 5. The normalized spacial score (nSPS) is 12.8. The molecule has 0 bridgehead atoms. The molecule has 0 unspecified atom stereocenters. The van der Waals surface area contributed by atoms with Crippen molar-refractivity contribution in [2.45, 2.75) is 41.0 Å². The van der Waals surface area contributed by atoms with E-state index in [0.29, 0.717) is 0 Å². The Balaban J connectivity index is 0.00000151. The highest BCUT2D eigenvalue weighted by molar-refractivity contribution is 8.13. The van der Waals surface area contributed by atoms with Gasteiger partial charge in [0.15, 0.2) is 0 Å². The van der Waals surface area contributed by atoms with Crippen LogP contribution in [0.4, 0.5) is 5.69 Å². The largest absolute Gasteiger partial charge is 0.340 e. The Kier molecular flexibility index (Phi) is 9.06. The highest BCUT2D eigenvalue weighted by Gasteiger charge is 2.05. The van der Waals surface area contributed by atoms with Gasteiger partial charge >= 0.3 is 0 Å². The summed E-state index contributed by atoms with van der Waals surface area (Å²) in [7, 11) is 1.95. The molecule has 0 amide bonds. The average molecular weight is 359 g/mol. The number of benzene rings is 1. The molecule has 0 saturated carbocycles. The maximum Gasteiger partial charge on any atom is 0.130 e. The fourth-order valence-corrected chi connectivity index (χ4v) is 2.63. The van der Waals surface area contributed by atoms with Crippen molar-refractivity contribution >= 4 is 33.4 Å². The van der Waals surface area contributed by atoms with Crippen molar-refractivity contribution in [3.05, 3.63) is 47.9 Å². The summed E-state index contributed by atoms with van der Waals surface area (Å²) in [6.45, 7) is 10.3. The molecule has 1 N–H and O–H groups in total. The van der Waals surface area contributed by atoms with E-state index in [1.807, 2.05) is 57.1 Å². The Morgan fingerprint density at radius 2 is 2.08 bits per heavy atom. The fourth-order valence-electron chi connectivity index (χ4n) is 2.18. The first-order chi connectivity index (χ1) is 12.1. The summed E-state index contributed by atoms with van der Waals surface area (Å²) in [4.78, 5) is 4.78. The number of aryl methyl sites for hydroxylation is 1. The molecule has 0 aliphatic rings. The molecule has 0 radical (unpaired) electrons. The summed E-state index contributed by atoms with van der Waals surface area (Å²) in [5.74, 6) is 0.915. The lowest BCUT2D eigenvalue weighted by atomic mass is 10.2. The van der Waals surface area contributed by atoms with Crippen LogP contribution < -0.4 is 5.32 Å². The Morgan fingerprint density at radius 3 is 2.68 bits per heavy atom. The molecule has 0 atom stereocenters. The molecule has 0 saturated heterocycles. The van der Waals surface area contributed by atoms with Crippen molar-refractivity contribution < 1.29 is 0 Å². The van der Waals surface area contributed by atoms with Crippen LogP contribution in [0.2, 0.25) is 0 Å². The number of aromatic nitrogens is 2. The Bertz CT molecular complexity index is 769. The summed E-state index contributed by atoms with van der Waals surface area (Å²) in [5.41, 5.74) is 3.38. The second-order valence-electron chi connectivity index (χ2n) is 5.30. The lowest BCUT2D eigenvalue weighted by Crippen LogP contribution is -2.02. The highest BCUT2D eigenvalue weighted by Crippen LogP contribution is 2.22. The van der Waals surface area contributed by atoms with Crippen molar-refractivity contribution in [1.29, 1.82) is 0 Å². The topological polar surface area (TPSA) is 42.2 Å². The molecule has 1 heterocycles. The average Bonchev–Trinajstić information content (AvgIpc) is 3.02. The number of fused-ring (bicyclic) bond motifs is 1. The first kappa shape index (κ1) is 21.0. The number of hydrogen-bond donors (Lipinski definition) is 1. The maximum atomic E-state index is 4.78. The van der Waals surface area contributed by atoms with Crippen LogP contribution in [0.3, 0.4) is 0 Å². The zero-order valence-corrected chi connectivity index (χ0v) is 17.2. The Labute approximate surface area is 156 Å². The van der Waals surface area contributed by atoms with Gasteiger partial charge in [0.25, 0.3) is 0 Å². The van der Waals surface area contributed by atoms with Crippen LogP contribution in [-0.4, -0.2) is 21.1 Å². The van der Waals surface area contributed by atoms with Gasteiger partial charge in [0.05, 0.1) is 16.8 Å². The van der Waals surface area contributed by atoms with E-state index in [1.54, 1.807) is 11.8 Å². The molecule has 4 nitrogen and oxygen atoms in total. The number of anilines is 1. The van der Waals surface area contributed by atoms with E-state index >= 15 is 0 Å². The van der Waals surface area contributed by atoms with Crippen LogP contribution in [0.15, 0.2) is 52.9 Å². The number of thioether (sulfide) groups is 1. The zero-order chi connectivity index (χ0) is 18.8. The van der Waals surface area contributed by atoms with Gasteiger partial charge in [-0.25, -0.2) is 4.99 Å². The third-order valence-electron chi connectivity index (χ3n) is 3.68. The van der Waals surface area contributed by atoms with Crippen molar-refractivity contribution in [2.24, 2.45) is 12.0 Å². The van der Waals surface area contributed by atoms with Crippen LogP contribution in [0, 0.1) is 0 Å². The Morgan fingerprint density at radius 1 is 1.36 bits per heavy atom. The van der Waals surface area contributed by atoms with Gasteiger partial charge in [-0.15, -0.1) is 11.8 Å². The van der Waals surface area contributed by atoms with E-state index < -0.39 is 0 Å². The standard InChI is InChI=1S/C18H24N4S.C2H6/c1-6-8-17(23-5)21-18(13(3)7-2)20-15-9-10-16-14(11-15)12-19-22(16)4;1-2/h6,8-12,20H,7H2,1-5H3;1-2H3/b8-6-,18-13+,21-17+;. The molecule has 25 heavy (non-hydrogen) atoms. The van der Waals surface area contributed by atoms with Crippen molar-refractivity contribution in [1.82, 2.24) is 9.78 Å². The predicted octanol–water partition coefficient (Wildman–Crippen LogP) is 5.99. The number of nitrogens with zero attached hydrogens (tertiary/aromatic N) is 3. The first-order valence-corrected chi connectivity index (χ1v) is 9.95. The van der Waals surface area contributed by atoms with Gasteiger partial charge < -0.3 is 5.32 Å². The van der Waals surface area contributed by atoms with Gasteiger partial charge in [0.2, 0.25) is 0 Å². The minimum absolute atomic E-state index is 0.915. The molecule has 0 aliphatic carbocycles. The minimum atomic E-state index is 0.915. The van der Waals surface area contributed by atoms with E-state index in [0.717, 1.165) is 33.9 Å². The molecular weight excluding hydrogens is 328 g/mol. The number of nitrogens with one attached hydrogen (secondary N) is 1. The van der Waals surface area contributed by atoms with Crippen LogP contribution in [0.1, 0.15) is 41.0 Å². The minimum Gasteiger partial charge on any atom is -0.340 e. The highest BCUT2D eigenvalue weighted by atomic mass is 32.2. The molecule has 0 fully saturated rings. The summed E-state index contributed by atoms with van der Waals surface area (Å²) in [5, 5.41) is 9.86. The van der Waals surface area contributed by atoms with E-state index in [-0.39, 0.29) is 0 Å². The van der Waals surface area contributed by atoms with Crippen LogP contribution in [0.25, 0.3) is 10.9 Å². The van der Waals surface area contributed by atoms with Crippen molar-refractivity contribution in [2.75, 3.05) is 11.6 Å². The number of aliphatic imine (C=N–C) groups is 1. The van der Waals surface area contributed by atoms with Crippen molar-refractivity contribution in [3.8, 4) is 0 Å². The smallest absolute Gasteiger partial charge is 0.130 e. The predicted molar refractivity (Wildman–Crippen MR) is 114 cm³/mol. The summed E-state index contributed by atoms with van der Waals surface area (Å²) in [6, 6.07) is 6.25. The van der Waals surface area contributed by atoms with E-state index in [2.05, 4.69) is 42.5 Å². The van der Waals surface area contributed by atoms with Crippen LogP contribution >= 0.6 is 11.8 Å². The molecule has 5 heteroatoms. The molecule has 2 rings (SSSR count). The zero-order valence-electron chi connectivity index (χ0n) is 16.4. The molecule has 1 aromatic carbocycles. The SMILES string of the molecule is CC.C\C=C/C(=N\C(Nc1ccc2c(cnn2C)c1)=C(/C)CC)SC. The summed E-state index contributed by atoms with van der Waals surface area (Å²) >= 11 is 1.64. The third kappa shape index (κ3) is 5.78. The van der Waals surface area contributed by atoms with Crippen LogP contribution in [0.5, 0.6) is 0 Å². The summed E-state index contributed by atoms with van der Waals surface area (Å²) < 4.78 is 1.88. The summed E-state index contributed by atoms with van der Waals surface area (Å²) in [6.07, 6.45) is 8.92. The molecule has 0 spiro atoms. The molecule has 136 valence electrons. The number of hydrogen-bond acceptors (Lipinski definition) is 4. The second-order valence-corrected chi connectivity index (χ2v) is 6.13. The van der Waals surface area contributed by atoms with Crippen molar-refractivity contribution in [3.63, 3.8) is 0 Å². The fraction of sp³-hybridized carbons (Fsp3) is 0.400. The quantitative estimate of drug-likeness (QED) is 0.527. The van der Waals surface area contributed by atoms with Crippen LogP contribution in [-0.2, 0) is 7.05 Å². The first-order valence-electron chi connectivity index (χ1n) is 8.73. The van der Waals surface area contributed by atoms with Gasteiger partial charge in [-0.2, -0.15) is 5.10 Å². The molecule has 2 aromatic rings. The molecule has 1 aromatic heterocycles. The van der Waals surface area contributed by atoms with E-state index in [4.69, 9.17) is 4.99 Å². The third-order valence-corrected chi connectivity index (χ3v) is 4.33. The second kappa shape index (κ2) is 10.8. The molecule has 0 aliphatic heterocycles. The number of allylic oxidation sites excluding steroid dienone is 2. The van der Waals surface area contributed by atoms with Gasteiger partial charge in [-0.1, -0.05) is 26.8 Å². The maximum absolute atomic E-state index is 4.78. The van der Waals surface area contributed by atoms with Gasteiger partial charge in [0.1, 0.15) is 5.82 Å². The molecular formula is C20H30N4S. The van der Waals surface area contributed by atoms with E-state index in [1.165, 1.54) is 5.57 Å². The van der Waals surface area contributed by atoms with Gasteiger partial charge in [0, 0.05) is 18.1 Å². The van der Waals surface area contributed by atoms with Gasteiger partial charge in [-0.3, -0.25) is 4.68 Å². The Hall–Kier alpha value is -2.01. The van der Waals surface area contributed by atoms with Gasteiger partial charge in [-0.05, 0) is 56.4 Å². The van der Waals surface area contributed by atoms with E-state index in [9.17, 15) is 0 Å².